The van der Waals surface area contributed by atoms with Crippen molar-refractivity contribution in [3.8, 4) is 0 Å². The van der Waals surface area contributed by atoms with Gasteiger partial charge in [-0.15, -0.1) is 9.78 Å². The van der Waals surface area contributed by atoms with Crippen molar-refractivity contribution in [2.45, 2.75) is 6.16 Å². The van der Waals surface area contributed by atoms with Crippen LogP contribution in [0, 0.1) is 0 Å². The topological polar surface area (TPSA) is 97.0 Å². The minimum atomic E-state index is -2.25. The van der Waals surface area contributed by atoms with Gasteiger partial charge in [0.25, 0.3) is 0 Å². The standard InChI is InChI=1S/CH2O4.Na.H2O.H/c2-1(3)4-5-1;;;/h2-3H;;1H2;/q;+1;;-1. The van der Waals surface area contributed by atoms with Gasteiger partial charge < -0.3 is 17.1 Å². The number of hydrogen-bond donors (Lipinski definition) is 2. The summed E-state index contributed by atoms with van der Waals surface area (Å²) in [5.41, 5.74) is 0. The monoisotopic (exact) mass is 120 g/mol. The van der Waals surface area contributed by atoms with Gasteiger partial charge in [0.2, 0.25) is 0 Å². The first-order chi connectivity index (χ1) is 2.21. The molecule has 6 heteroatoms. The van der Waals surface area contributed by atoms with Crippen LogP contribution < -0.4 is 29.6 Å². The van der Waals surface area contributed by atoms with Crippen LogP contribution in [0.4, 0.5) is 0 Å². The molecule has 0 atom stereocenters. The van der Waals surface area contributed by atoms with E-state index >= 15 is 0 Å². The minimum Gasteiger partial charge on any atom is -1.00 e. The van der Waals surface area contributed by atoms with Gasteiger partial charge >= 0.3 is 35.7 Å². The first-order valence-electron chi connectivity index (χ1n) is 1.02. The van der Waals surface area contributed by atoms with Crippen LogP contribution in [-0.2, 0) is 9.78 Å². The zero-order chi connectivity index (χ0) is 3.91. The number of hydrogen-bond acceptors (Lipinski definition) is 4. The van der Waals surface area contributed by atoms with E-state index in [1.165, 1.54) is 0 Å². The molecule has 0 unspecified atom stereocenters. The summed E-state index contributed by atoms with van der Waals surface area (Å²) in [7, 11) is 0. The van der Waals surface area contributed by atoms with Gasteiger partial charge in [0.15, 0.2) is 0 Å². The van der Waals surface area contributed by atoms with E-state index in [1.807, 2.05) is 0 Å². The third kappa shape index (κ3) is 4.66. The van der Waals surface area contributed by atoms with Crippen molar-refractivity contribution < 1.29 is 56.4 Å². The van der Waals surface area contributed by atoms with Crippen molar-refractivity contribution in [1.29, 1.82) is 0 Å². The molecule has 1 rings (SSSR count). The van der Waals surface area contributed by atoms with Crippen LogP contribution in [0.3, 0.4) is 0 Å². The third-order valence-corrected chi connectivity index (χ3v) is 0.232. The molecule has 0 radical (unpaired) electrons. The molecule has 0 bridgehead atoms. The number of aliphatic hydroxyl groups is 2. The molecule has 0 aromatic heterocycles. The summed E-state index contributed by atoms with van der Waals surface area (Å²) in [6.45, 7) is 0. The Morgan fingerprint density at radius 1 is 1.29 bits per heavy atom. The molecule has 0 aromatic carbocycles. The Labute approximate surface area is 62.9 Å². The average Bonchev–Trinajstić information content (AvgIpc) is 1.76. The van der Waals surface area contributed by atoms with Gasteiger partial charge in [-0.2, -0.15) is 0 Å². The molecular formula is CH5NaO5. The molecule has 1 saturated heterocycles. The van der Waals surface area contributed by atoms with Gasteiger partial charge in [-0.1, -0.05) is 0 Å². The summed E-state index contributed by atoms with van der Waals surface area (Å²) >= 11 is 0. The molecule has 1 aliphatic heterocycles. The van der Waals surface area contributed by atoms with Crippen LogP contribution in [0.5, 0.6) is 0 Å². The molecule has 5 nitrogen and oxygen atoms in total. The van der Waals surface area contributed by atoms with Crippen molar-refractivity contribution in [3.05, 3.63) is 0 Å². The second-order valence-electron chi connectivity index (χ2n) is 0.715. The SMILES string of the molecule is O.OC1(O)OO1.[H-].[Na+]. The maximum atomic E-state index is 7.74. The Kier molecular flexibility index (Phi) is 4.52. The van der Waals surface area contributed by atoms with E-state index in [0.717, 1.165) is 0 Å². The van der Waals surface area contributed by atoms with Gasteiger partial charge in [-0.3, -0.25) is 0 Å². The van der Waals surface area contributed by atoms with Crippen molar-refractivity contribution in [1.82, 2.24) is 0 Å². The predicted octanol–water partition coefficient (Wildman–Crippen LogP) is -5.16. The van der Waals surface area contributed by atoms with E-state index in [2.05, 4.69) is 9.78 Å². The van der Waals surface area contributed by atoms with Crippen LogP contribution in [-0.4, -0.2) is 21.8 Å². The van der Waals surface area contributed by atoms with Gasteiger partial charge in [-0.25, -0.2) is 0 Å². The van der Waals surface area contributed by atoms with E-state index in [1.54, 1.807) is 0 Å². The van der Waals surface area contributed by atoms with Crippen molar-refractivity contribution in [3.63, 3.8) is 0 Å². The van der Waals surface area contributed by atoms with E-state index in [4.69, 9.17) is 10.2 Å². The Bertz CT molecular complexity index is 50.4. The summed E-state index contributed by atoms with van der Waals surface area (Å²) in [4.78, 5) is 7.01. The summed E-state index contributed by atoms with van der Waals surface area (Å²) in [5, 5.41) is 15.5. The Balaban J connectivity index is -0.0000000833. The second kappa shape index (κ2) is 2.95. The Morgan fingerprint density at radius 3 is 1.43 bits per heavy atom. The normalized spacial score (nSPS) is 21.4. The molecule has 0 aromatic rings. The van der Waals surface area contributed by atoms with Crippen LogP contribution in [0.1, 0.15) is 1.43 Å². The number of rotatable bonds is 0. The minimum absolute atomic E-state index is 0. The summed E-state index contributed by atoms with van der Waals surface area (Å²) in [6, 6.07) is 0. The van der Waals surface area contributed by atoms with Gasteiger partial charge in [0, 0.05) is 0 Å². The maximum Gasteiger partial charge on any atom is 1.00 e. The smallest absolute Gasteiger partial charge is 1.00 e. The molecule has 4 N–H and O–H groups in total. The van der Waals surface area contributed by atoms with E-state index in [-0.39, 0.29) is 36.5 Å². The zero-order valence-corrected chi connectivity index (χ0v) is 5.71. The van der Waals surface area contributed by atoms with Crippen molar-refractivity contribution in [2.75, 3.05) is 0 Å². The first-order valence-corrected chi connectivity index (χ1v) is 1.02. The van der Waals surface area contributed by atoms with Gasteiger partial charge in [0.05, 0.1) is 0 Å². The van der Waals surface area contributed by atoms with Crippen LogP contribution in [0.15, 0.2) is 0 Å². The van der Waals surface area contributed by atoms with Crippen molar-refractivity contribution >= 4 is 0 Å². The fourth-order valence-electron chi connectivity index (χ4n) is 0.0373. The molecule has 0 spiro atoms. The Hall–Kier alpha value is 0.800. The molecule has 7 heavy (non-hydrogen) atoms. The largest absolute Gasteiger partial charge is 1.00 e. The average molecular weight is 120 g/mol. The quantitative estimate of drug-likeness (QED) is 0.144. The predicted molar refractivity (Wildman–Crippen MR) is 14.1 cm³/mol. The first kappa shape index (κ1) is 10.7. The molecular weight excluding hydrogens is 115 g/mol. The maximum absolute atomic E-state index is 7.74. The summed E-state index contributed by atoms with van der Waals surface area (Å²) < 4.78 is 0. The van der Waals surface area contributed by atoms with Crippen LogP contribution in [0.2, 0.25) is 0 Å². The molecule has 0 aliphatic carbocycles. The molecule has 1 fully saturated rings. The van der Waals surface area contributed by atoms with E-state index in [9.17, 15) is 0 Å². The van der Waals surface area contributed by atoms with E-state index in [0.29, 0.717) is 0 Å². The zero-order valence-electron chi connectivity index (χ0n) is 4.71. The molecule has 0 saturated carbocycles. The van der Waals surface area contributed by atoms with Crippen LogP contribution >= 0.6 is 0 Å². The van der Waals surface area contributed by atoms with Crippen LogP contribution in [0.25, 0.3) is 0 Å². The van der Waals surface area contributed by atoms with Gasteiger partial charge in [0.1, 0.15) is 0 Å². The fraction of sp³-hybridized carbons (Fsp3) is 1.00. The van der Waals surface area contributed by atoms with E-state index < -0.39 is 6.16 Å². The summed E-state index contributed by atoms with van der Waals surface area (Å²) in [6.07, 6.45) is -2.25. The fourth-order valence-corrected chi connectivity index (χ4v) is 0.0373. The second-order valence-corrected chi connectivity index (χ2v) is 0.715. The van der Waals surface area contributed by atoms with Gasteiger partial charge in [-0.05, 0) is 0 Å². The molecule has 40 valence electrons. The summed E-state index contributed by atoms with van der Waals surface area (Å²) in [5.74, 6) is 0. The molecule has 1 aliphatic rings. The third-order valence-electron chi connectivity index (χ3n) is 0.232. The molecule has 0 amide bonds. The molecule has 1 heterocycles. The Morgan fingerprint density at radius 2 is 1.43 bits per heavy atom. The van der Waals surface area contributed by atoms with Crippen molar-refractivity contribution in [2.24, 2.45) is 0 Å².